The van der Waals surface area contributed by atoms with E-state index in [0.717, 1.165) is 74.2 Å². The lowest BCUT2D eigenvalue weighted by molar-refractivity contribution is -0.131. The van der Waals surface area contributed by atoms with Gasteiger partial charge in [-0.1, -0.05) is 109 Å². The van der Waals surface area contributed by atoms with Crippen molar-refractivity contribution in [3.8, 4) is 34.1 Å². The van der Waals surface area contributed by atoms with Gasteiger partial charge in [0.15, 0.2) is 8.32 Å². The highest BCUT2D eigenvalue weighted by atomic mass is 28.5. The van der Waals surface area contributed by atoms with Crippen molar-refractivity contribution in [3.05, 3.63) is 178 Å². The van der Waals surface area contributed by atoms with E-state index in [1.807, 2.05) is 87.6 Å². The van der Waals surface area contributed by atoms with E-state index in [0.29, 0.717) is 42.2 Å². The molecule has 6 aromatic rings. The van der Waals surface area contributed by atoms with Crippen LogP contribution >= 0.6 is 0 Å². The summed E-state index contributed by atoms with van der Waals surface area (Å²) < 4.78 is 58.0. The lowest BCUT2D eigenvalue weighted by Gasteiger charge is -2.44. The molecule has 6 aromatic carbocycles. The third kappa shape index (κ3) is 14.0. The summed E-state index contributed by atoms with van der Waals surface area (Å²) in [4.78, 5) is 25.9. The van der Waals surface area contributed by atoms with E-state index in [2.05, 4.69) is 119 Å². The van der Waals surface area contributed by atoms with Crippen LogP contribution in [-0.2, 0) is 43.9 Å². The molecule has 11 nitrogen and oxygen atoms in total. The average molecular weight is 1100 g/mol. The van der Waals surface area contributed by atoms with Crippen molar-refractivity contribution in [2.45, 2.75) is 123 Å². The fraction of sp³-hybridized carbons (Fsp3) is 0.356. The SMILES string of the molecule is COc1cc(C2(c3ccc(C)c(OC(=O)Oc4ccccc4CCC[Si](C)(O[Si](C)(C)C)O[Si](C)(C)O[Si](C)(CCCc4ccccc4OC(C)=O)O[Si](C)(C)OC)c3)c3ccccc3-c3ccccc32)ccc1C. The number of carbonyl (C=O) groups is 2. The Morgan fingerprint density at radius 2 is 0.907 bits per heavy atom. The number of hydrogen-bond acceptors (Lipinski definition) is 11. The second-order valence-corrected chi connectivity index (χ2v) is 40.8. The lowest BCUT2D eigenvalue weighted by atomic mass is 9.67. The van der Waals surface area contributed by atoms with Crippen molar-refractivity contribution >= 4 is 54.7 Å². The van der Waals surface area contributed by atoms with Crippen molar-refractivity contribution in [2.75, 3.05) is 14.2 Å². The first-order valence-corrected chi connectivity index (χ1v) is 40.0. The summed E-state index contributed by atoms with van der Waals surface area (Å²) in [5.74, 6) is 1.87. The van der Waals surface area contributed by atoms with E-state index < -0.39 is 54.1 Å². The zero-order chi connectivity index (χ0) is 54.4. The molecule has 1 aliphatic rings. The topological polar surface area (TPSA) is 117 Å². The number of fused-ring (bicyclic) bond motifs is 3. The van der Waals surface area contributed by atoms with E-state index >= 15 is 0 Å². The number of aryl methyl sites for hydroxylation is 4. The first kappa shape index (κ1) is 57.4. The number of esters is 1. The van der Waals surface area contributed by atoms with Crippen molar-refractivity contribution in [2.24, 2.45) is 0 Å². The van der Waals surface area contributed by atoms with Gasteiger partial charge in [0, 0.05) is 14.0 Å². The largest absolute Gasteiger partial charge is 0.519 e. The van der Waals surface area contributed by atoms with Crippen LogP contribution in [0.2, 0.25) is 71.0 Å². The molecule has 0 fully saturated rings. The Bertz CT molecular complexity index is 2950. The van der Waals surface area contributed by atoms with Gasteiger partial charge in [0.1, 0.15) is 23.0 Å². The number of rotatable bonds is 23. The Kier molecular flexibility index (Phi) is 18.0. The van der Waals surface area contributed by atoms with Crippen LogP contribution in [0.15, 0.2) is 133 Å². The summed E-state index contributed by atoms with van der Waals surface area (Å²) in [6.45, 7) is 24.5. The molecule has 398 valence electrons. The van der Waals surface area contributed by atoms with Gasteiger partial charge in [-0.15, -0.1) is 0 Å². The molecule has 0 aliphatic heterocycles. The van der Waals surface area contributed by atoms with Gasteiger partial charge in [-0.25, -0.2) is 4.79 Å². The first-order chi connectivity index (χ1) is 35.4. The Morgan fingerprint density at radius 1 is 0.480 bits per heavy atom. The van der Waals surface area contributed by atoms with Gasteiger partial charge in [0.2, 0.25) is 0 Å². The normalized spacial score (nSPS) is 14.7. The first-order valence-electron chi connectivity index (χ1n) is 25.9. The second-order valence-electron chi connectivity index (χ2n) is 21.8. The van der Waals surface area contributed by atoms with Crippen LogP contribution in [0.4, 0.5) is 4.79 Å². The van der Waals surface area contributed by atoms with E-state index in [9.17, 15) is 9.59 Å². The van der Waals surface area contributed by atoms with Crippen molar-refractivity contribution in [1.29, 1.82) is 0 Å². The molecular weight excluding hydrogens is 1030 g/mol. The molecule has 0 amide bonds. The van der Waals surface area contributed by atoms with Crippen LogP contribution < -0.4 is 18.9 Å². The van der Waals surface area contributed by atoms with Crippen molar-refractivity contribution in [3.63, 3.8) is 0 Å². The molecule has 0 aromatic heterocycles. The third-order valence-electron chi connectivity index (χ3n) is 13.6. The third-order valence-corrected chi connectivity index (χ3v) is 32.3. The lowest BCUT2D eigenvalue weighted by Crippen LogP contribution is -2.60. The highest BCUT2D eigenvalue weighted by Crippen LogP contribution is 2.57. The zero-order valence-corrected chi connectivity index (χ0v) is 51.4. The highest BCUT2D eigenvalue weighted by molar-refractivity contribution is 6.90. The fourth-order valence-electron chi connectivity index (χ4n) is 10.7. The summed E-state index contributed by atoms with van der Waals surface area (Å²) in [6, 6.07) is 46.2. The maximum Gasteiger partial charge on any atom is 0.519 e. The Hall–Kier alpha value is -5.26. The molecule has 7 rings (SSSR count). The van der Waals surface area contributed by atoms with Gasteiger partial charge < -0.3 is 39.8 Å². The van der Waals surface area contributed by atoms with Crippen molar-refractivity contribution < 1.29 is 49.4 Å². The average Bonchev–Trinajstić information content (AvgIpc) is 3.65. The maximum atomic E-state index is 14.0. The van der Waals surface area contributed by atoms with Gasteiger partial charge in [-0.2, -0.15) is 0 Å². The molecule has 0 heterocycles. The molecule has 0 saturated heterocycles. The van der Waals surface area contributed by atoms with Crippen LogP contribution in [0.1, 0.15) is 64.3 Å². The summed E-state index contributed by atoms with van der Waals surface area (Å²) in [5, 5.41) is 0. The number of ether oxygens (including phenoxy) is 4. The molecule has 0 spiro atoms. The predicted octanol–water partition coefficient (Wildman–Crippen LogP) is 14.8. The van der Waals surface area contributed by atoms with Crippen LogP contribution in [-0.4, -0.2) is 68.9 Å². The van der Waals surface area contributed by atoms with E-state index in [4.69, 9.17) is 39.8 Å². The zero-order valence-electron chi connectivity index (χ0n) is 46.4. The summed E-state index contributed by atoms with van der Waals surface area (Å²) in [5.41, 5.74) is 9.50. The Morgan fingerprint density at radius 3 is 1.40 bits per heavy atom. The van der Waals surface area contributed by atoms with E-state index in [1.165, 1.54) is 6.92 Å². The molecule has 2 unspecified atom stereocenters. The van der Waals surface area contributed by atoms with Crippen LogP contribution in [0, 0.1) is 13.8 Å². The number of para-hydroxylation sites is 2. The van der Waals surface area contributed by atoms with Crippen molar-refractivity contribution in [1.82, 2.24) is 0 Å². The molecule has 0 bridgehead atoms. The van der Waals surface area contributed by atoms with Crippen LogP contribution in [0.3, 0.4) is 0 Å². The number of hydrogen-bond donors (Lipinski definition) is 0. The number of methoxy groups -OCH3 is 1. The molecule has 0 N–H and O–H groups in total. The minimum atomic E-state index is -2.93. The maximum absolute atomic E-state index is 14.0. The van der Waals surface area contributed by atoms with Gasteiger partial charge in [0.05, 0.1) is 12.5 Å². The fourth-order valence-corrected chi connectivity index (χ4v) is 33.6. The van der Waals surface area contributed by atoms with Gasteiger partial charge in [-0.05, 0) is 190 Å². The molecule has 75 heavy (non-hydrogen) atoms. The van der Waals surface area contributed by atoms with E-state index in [1.54, 1.807) is 14.2 Å². The standard InChI is InChI=1S/C59H76O11Si5/c1-43-35-37-48(41-56(43)62-4)59(52-31-19-17-29-50(52)51-30-18-20-32-53(51)59)49-38-36-44(2)57(42-49)66-58(61)65-55-34-22-16-26-47(55)28-23-39-74(13,67-71(6,7)8)69-73(11,12)70-75(14,68-72(9,10)63-5)40-24-27-46-25-15-21-33-54(46)64-45(3)60/h15-22,25-26,29-38,41-42H,23-24,27-28,39-40H2,1-14H3. The minimum Gasteiger partial charge on any atom is -0.496 e. The molecule has 16 heteroatoms. The molecule has 2 atom stereocenters. The quantitative estimate of drug-likeness (QED) is 0.0264. The van der Waals surface area contributed by atoms with Crippen LogP contribution in [0.25, 0.3) is 11.1 Å². The van der Waals surface area contributed by atoms with Gasteiger partial charge in [0.25, 0.3) is 0 Å². The highest BCUT2D eigenvalue weighted by Gasteiger charge is 2.50. The molecular formula is C59H76O11Si5. The second kappa shape index (κ2) is 23.5. The smallest absolute Gasteiger partial charge is 0.496 e. The van der Waals surface area contributed by atoms with E-state index in [-0.39, 0.29) is 5.97 Å². The summed E-state index contributed by atoms with van der Waals surface area (Å²) in [7, 11) is -10.0. The molecule has 0 saturated carbocycles. The van der Waals surface area contributed by atoms with Gasteiger partial charge in [-0.3, -0.25) is 4.79 Å². The number of carbonyl (C=O) groups excluding carboxylic acids is 2. The molecule has 1 aliphatic carbocycles. The van der Waals surface area contributed by atoms with Gasteiger partial charge >= 0.3 is 46.4 Å². The monoisotopic (exact) mass is 1100 g/mol. The Balaban J connectivity index is 1.08. The predicted molar refractivity (Wildman–Crippen MR) is 310 cm³/mol. The van der Waals surface area contributed by atoms with Crippen LogP contribution in [0.5, 0.6) is 23.0 Å². The minimum absolute atomic E-state index is 0.350. The Labute approximate surface area is 450 Å². The summed E-state index contributed by atoms with van der Waals surface area (Å²) in [6.07, 6.45) is 1.96. The summed E-state index contributed by atoms with van der Waals surface area (Å²) >= 11 is 0. The molecule has 0 radical (unpaired) electrons. The number of benzene rings is 6.